The number of rotatable bonds is 6. The summed E-state index contributed by atoms with van der Waals surface area (Å²) in [6, 6.07) is 4.83. The summed E-state index contributed by atoms with van der Waals surface area (Å²) in [5.41, 5.74) is 0.962. The van der Waals surface area contributed by atoms with E-state index >= 15 is 0 Å². The summed E-state index contributed by atoms with van der Waals surface area (Å²) in [6.07, 6.45) is 6.33. The Labute approximate surface area is 144 Å². The summed E-state index contributed by atoms with van der Waals surface area (Å²) in [5.74, 6) is -0.427. The van der Waals surface area contributed by atoms with Crippen molar-refractivity contribution in [2.75, 3.05) is 19.0 Å². The van der Waals surface area contributed by atoms with E-state index in [9.17, 15) is 4.79 Å². The third-order valence-corrected chi connectivity index (χ3v) is 3.65. The molecule has 0 saturated heterocycles. The molecule has 0 amide bonds. The van der Waals surface area contributed by atoms with E-state index in [0.717, 1.165) is 13.0 Å². The lowest BCUT2D eigenvalue weighted by molar-refractivity contribution is 0.0601. The highest BCUT2D eigenvalue weighted by atomic mass is 35.5. The van der Waals surface area contributed by atoms with Gasteiger partial charge in [0.25, 0.3) is 0 Å². The maximum Gasteiger partial charge on any atom is 0.337 e. The average Bonchev–Trinajstić information content (AvgIpc) is 3.06. The van der Waals surface area contributed by atoms with Crippen LogP contribution in [-0.4, -0.2) is 34.3 Å². The molecule has 122 valence electrons. The fourth-order valence-electron chi connectivity index (χ4n) is 1.91. The van der Waals surface area contributed by atoms with Gasteiger partial charge in [0, 0.05) is 25.5 Å². The molecule has 0 atom stereocenters. The summed E-state index contributed by atoms with van der Waals surface area (Å²) < 4.78 is 6.68. The van der Waals surface area contributed by atoms with Crippen molar-refractivity contribution in [1.29, 1.82) is 0 Å². The van der Waals surface area contributed by atoms with Crippen molar-refractivity contribution in [2.24, 2.45) is 0 Å². The van der Waals surface area contributed by atoms with E-state index in [-0.39, 0.29) is 0 Å². The zero-order valence-electron chi connectivity index (χ0n) is 12.6. The number of halogens is 1. The first-order chi connectivity index (χ1) is 11.1. The number of methoxy groups -OCH3 is 1. The Morgan fingerprint density at radius 2 is 2.30 bits per heavy atom. The number of benzene rings is 1. The van der Waals surface area contributed by atoms with Gasteiger partial charge >= 0.3 is 5.97 Å². The number of hydrogen-bond donors (Lipinski definition) is 2. The van der Waals surface area contributed by atoms with Crippen LogP contribution >= 0.6 is 23.8 Å². The minimum Gasteiger partial charge on any atom is -0.465 e. The lowest BCUT2D eigenvalue weighted by Crippen LogP contribution is -2.30. The first-order valence-corrected chi connectivity index (χ1v) is 7.77. The molecule has 6 nitrogen and oxygen atoms in total. The summed E-state index contributed by atoms with van der Waals surface area (Å²) in [5, 5.41) is 7.00. The molecular formula is C15H17ClN4O2S. The molecule has 0 unspecified atom stereocenters. The van der Waals surface area contributed by atoms with Crippen molar-refractivity contribution in [3.05, 3.63) is 47.5 Å². The van der Waals surface area contributed by atoms with Gasteiger partial charge in [-0.1, -0.05) is 11.6 Å². The predicted octanol–water partition coefficient (Wildman–Crippen LogP) is 2.70. The van der Waals surface area contributed by atoms with E-state index in [0.29, 0.717) is 27.9 Å². The third-order valence-electron chi connectivity index (χ3n) is 3.07. The minimum atomic E-state index is -0.427. The standard InChI is InChI=1S/C15H17ClN4O2S/c1-22-14(21)11-3-4-12(16)13(9-11)19-15(23)18-5-2-7-20-8-6-17-10-20/h3-4,6,8-10H,2,5,7H2,1H3,(H2,18,19,23). The molecule has 0 aliphatic heterocycles. The van der Waals surface area contributed by atoms with E-state index in [1.165, 1.54) is 7.11 Å². The van der Waals surface area contributed by atoms with E-state index in [2.05, 4.69) is 20.4 Å². The fourth-order valence-corrected chi connectivity index (χ4v) is 2.29. The second kappa shape index (κ2) is 8.50. The van der Waals surface area contributed by atoms with Gasteiger partial charge in [-0.25, -0.2) is 9.78 Å². The molecule has 2 N–H and O–H groups in total. The number of esters is 1. The van der Waals surface area contributed by atoms with Gasteiger partial charge < -0.3 is 19.9 Å². The summed E-state index contributed by atoms with van der Waals surface area (Å²) in [6.45, 7) is 1.56. The number of anilines is 1. The highest BCUT2D eigenvalue weighted by Gasteiger charge is 2.09. The Bertz CT molecular complexity index is 676. The van der Waals surface area contributed by atoms with Crippen molar-refractivity contribution in [3.8, 4) is 0 Å². The maximum atomic E-state index is 11.5. The summed E-state index contributed by atoms with van der Waals surface area (Å²) in [4.78, 5) is 15.5. The predicted molar refractivity (Wildman–Crippen MR) is 93.9 cm³/mol. The van der Waals surface area contributed by atoms with Crippen LogP contribution in [0.1, 0.15) is 16.8 Å². The molecule has 0 radical (unpaired) electrons. The molecule has 2 aromatic rings. The van der Waals surface area contributed by atoms with Gasteiger partial charge in [0.15, 0.2) is 5.11 Å². The minimum absolute atomic E-state index is 0.405. The van der Waals surface area contributed by atoms with E-state index < -0.39 is 5.97 Å². The third kappa shape index (κ3) is 5.22. The molecule has 1 aromatic carbocycles. The fraction of sp³-hybridized carbons (Fsp3) is 0.267. The SMILES string of the molecule is COC(=O)c1ccc(Cl)c(NC(=S)NCCCn2ccnc2)c1. The molecule has 0 fully saturated rings. The molecule has 1 aromatic heterocycles. The number of hydrogen-bond acceptors (Lipinski definition) is 4. The second-order valence-electron chi connectivity index (χ2n) is 4.72. The van der Waals surface area contributed by atoms with Crippen molar-refractivity contribution in [2.45, 2.75) is 13.0 Å². The van der Waals surface area contributed by atoms with Crippen LogP contribution in [0.4, 0.5) is 5.69 Å². The molecule has 0 bridgehead atoms. The number of carbonyl (C=O) groups excluding carboxylic acids is 1. The molecule has 8 heteroatoms. The molecular weight excluding hydrogens is 336 g/mol. The number of imidazole rings is 1. The number of carbonyl (C=O) groups is 1. The summed E-state index contributed by atoms with van der Waals surface area (Å²) >= 11 is 11.3. The Hall–Kier alpha value is -2.12. The number of nitrogens with zero attached hydrogens (tertiary/aromatic N) is 2. The Kier molecular flexibility index (Phi) is 6.37. The van der Waals surface area contributed by atoms with E-state index in [1.54, 1.807) is 30.7 Å². The van der Waals surface area contributed by atoms with Gasteiger partial charge in [-0.3, -0.25) is 0 Å². The van der Waals surface area contributed by atoms with Crippen molar-refractivity contribution in [3.63, 3.8) is 0 Å². The lowest BCUT2D eigenvalue weighted by atomic mass is 10.2. The first-order valence-electron chi connectivity index (χ1n) is 6.98. The quantitative estimate of drug-likeness (QED) is 0.473. The van der Waals surface area contributed by atoms with Gasteiger partial charge in [0.2, 0.25) is 0 Å². The first kappa shape index (κ1) is 17.2. The van der Waals surface area contributed by atoms with Crippen LogP contribution in [-0.2, 0) is 11.3 Å². The monoisotopic (exact) mass is 352 g/mol. The number of thiocarbonyl (C=S) groups is 1. The zero-order chi connectivity index (χ0) is 16.7. The van der Waals surface area contributed by atoms with Crippen LogP contribution in [0.2, 0.25) is 5.02 Å². The molecule has 1 heterocycles. The number of aromatic nitrogens is 2. The van der Waals surface area contributed by atoms with Gasteiger partial charge in [0.05, 0.1) is 29.7 Å². The largest absolute Gasteiger partial charge is 0.465 e. The highest BCUT2D eigenvalue weighted by molar-refractivity contribution is 7.80. The number of ether oxygens (including phenoxy) is 1. The van der Waals surface area contributed by atoms with E-state index in [1.807, 2.05) is 10.8 Å². The van der Waals surface area contributed by atoms with E-state index in [4.69, 9.17) is 23.8 Å². The summed E-state index contributed by atoms with van der Waals surface area (Å²) in [7, 11) is 1.33. The van der Waals surface area contributed by atoms with Crippen LogP contribution in [0.3, 0.4) is 0 Å². The van der Waals surface area contributed by atoms with Crippen LogP contribution in [0.15, 0.2) is 36.9 Å². The van der Waals surface area contributed by atoms with Crippen LogP contribution in [0.5, 0.6) is 0 Å². The maximum absolute atomic E-state index is 11.5. The van der Waals surface area contributed by atoms with Crippen molar-refractivity contribution < 1.29 is 9.53 Å². The van der Waals surface area contributed by atoms with Crippen LogP contribution in [0.25, 0.3) is 0 Å². The highest BCUT2D eigenvalue weighted by Crippen LogP contribution is 2.23. The number of nitrogens with one attached hydrogen (secondary N) is 2. The topological polar surface area (TPSA) is 68.2 Å². The molecule has 0 saturated carbocycles. The zero-order valence-corrected chi connectivity index (χ0v) is 14.2. The Morgan fingerprint density at radius 3 is 3.00 bits per heavy atom. The smallest absolute Gasteiger partial charge is 0.337 e. The molecule has 0 aliphatic carbocycles. The number of aryl methyl sites for hydroxylation is 1. The molecule has 0 spiro atoms. The average molecular weight is 353 g/mol. The molecule has 23 heavy (non-hydrogen) atoms. The van der Waals surface area contributed by atoms with Crippen molar-refractivity contribution in [1.82, 2.24) is 14.9 Å². The van der Waals surface area contributed by atoms with Crippen molar-refractivity contribution >= 4 is 40.6 Å². The van der Waals surface area contributed by atoms with Gasteiger partial charge in [0.1, 0.15) is 0 Å². The lowest BCUT2D eigenvalue weighted by Gasteiger charge is -2.12. The normalized spacial score (nSPS) is 10.2. The van der Waals surface area contributed by atoms with Gasteiger partial charge in [-0.15, -0.1) is 0 Å². The Balaban J connectivity index is 1.83. The molecule has 2 rings (SSSR count). The Morgan fingerprint density at radius 1 is 1.48 bits per heavy atom. The van der Waals surface area contributed by atoms with Gasteiger partial charge in [-0.05, 0) is 36.8 Å². The van der Waals surface area contributed by atoms with Crippen LogP contribution in [0, 0.1) is 0 Å². The van der Waals surface area contributed by atoms with Gasteiger partial charge in [-0.2, -0.15) is 0 Å². The molecule has 0 aliphatic rings. The second-order valence-corrected chi connectivity index (χ2v) is 5.54. The van der Waals surface area contributed by atoms with Crippen LogP contribution < -0.4 is 10.6 Å².